The fourth-order valence-electron chi connectivity index (χ4n) is 2.02. The van der Waals surface area contributed by atoms with Gasteiger partial charge in [-0.1, -0.05) is 18.2 Å². The van der Waals surface area contributed by atoms with Gasteiger partial charge in [-0.25, -0.2) is 4.79 Å². The third kappa shape index (κ3) is 4.09. The average molecular weight is 299 g/mol. The number of aliphatic carboxylic acids is 1. The second kappa shape index (κ2) is 7.26. The highest BCUT2D eigenvalue weighted by molar-refractivity contribution is 5.99. The van der Waals surface area contributed by atoms with Gasteiger partial charge in [0.1, 0.15) is 11.8 Å². The van der Waals surface area contributed by atoms with Gasteiger partial charge in [-0.15, -0.1) is 0 Å². The number of nitrogens with one attached hydrogen (secondary N) is 1. The van der Waals surface area contributed by atoms with Gasteiger partial charge in [0.05, 0.1) is 7.11 Å². The smallest absolute Gasteiger partial charge is 0.326 e. The molecule has 0 amide bonds. The molecule has 1 atom stereocenters. The maximum atomic E-state index is 12.2. The van der Waals surface area contributed by atoms with Crippen LogP contribution in [0.1, 0.15) is 16.8 Å². The fraction of sp³-hybridized carbons (Fsp3) is 0.176. The van der Waals surface area contributed by atoms with Crippen molar-refractivity contribution in [3.63, 3.8) is 0 Å². The summed E-state index contributed by atoms with van der Waals surface area (Å²) in [5, 5.41) is 12.1. The highest BCUT2D eigenvalue weighted by Crippen LogP contribution is 2.15. The van der Waals surface area contributed by atoms with Crippen LogP contribution >= 0.6 is 0 Å². The zero-order valence-electron chi connectivity index (χ0n) is 12.2. The summed E-state index contributed by atoms with van der Waals surface area (Å²) in [5.74, 6) is -0.655. The number of carbonyl (C=O) groups is 2. The standard InChI is InChI=1S/C17H17NO4/c1-22-14-9-7-12(8-10-14)16(19)11-15(17(20)21)18-13-5-3-2-4-6-13/h2-10,15,18H,11H2,1H3,(H,20,21). The molecular formula is C17H17NO4. The number of para-hydroxylation sites is 1. The molecule has 0 aliphatic rings. The second-order valence-electron chi connectivity index (χ2n) is 4.76. The van der Waals surface area contributed by atoms with E-state index in [4.69, 9.17) is 4.74 Å². The molecule has 0 aliphatic carbocycles. The SMILES string of the molecule is COc1ccc(C(=O)CC(Nc2ccccc2)C(=O)O)cc1. The number of Topliss-reactive ketones (excluding diaryl/α,β-unsaturated/α-hetero) is 1. The Hall–Kier alpha value is -2.82. The lowest BCUT2D eigenvalue weighted by Gasteiger charge is -2.15. The molecule has 0 spiro atoms. The summed E-state index contributed by atoms with van der Waals surface area (Å²) in [6, 6.07) is 14.6. The van der Waals surface area contributed by atoms with Crippen molar-refractivity contribution in [2.24, 2.45) is 0 Å². The summed E-state index contributed by atoms with van der Waals surface area (Å²) < 4.78 is 5.03. The second-order valence-corrected chi connectivity index (χ2v) is 4.76. The van der Waals surface area contributed by atoms with Crippen LogP contribution in [-0.2, 0) is 4.79 Å². The van der Waals surface area contributed by atoms with Gasteiger partial charge in [0, 0.05) is 17.7 Å². The Labute approximate surface area is 128 Å². The molecule has 5 nitrogen and oxygen atoms in total. The molecule has 0 aliphatic heterocycles. The Balaban J connectivity index is 2.06. The molecule has 2 N–H and O–H groups in total. The number of hydrogen-bond acceptors (Lipinski definition) is 4. The van der Waals surface area contributed by atoms with Crippen LogP contribution in [0.4, 0.5) is 5.69 Å². The molecule has 0 fully saturated rings. The quantitative estimate of drug-likeness (QED) is 0.769. The third-order valence-electron chi connectivity index (χ3n) is 3.21. The molecule has 0 aromatic heterocycles. The van der Waals surface area contributed by atoms with Crippen molar-refractivity contribution in [3.05, 3.63) is 60.2 Å². The van der Waals surface area contributed by atoms with Gasteiger partial charge >= 0.3 is 5.97 Å². The fourth-order valence-corrected chi connectivity index (χ4v) is 2.02. The van der Waals surface area contributed by atoms with E-state index in [2.05, 4.69) is 5.32 Å². The Kier molecular flexibility index (Phi) is 5.14. The molecule has 0 saturated heterocycles. The van der Waals surface area contributed by atoms with Crippen LogP contribution in [0.25, 0.3) is 0 Å². The number of rotatable bonds is 7. The molecule has 0 saturated carbocycles. The maximum Gasteiger partial charge on any atom is 0.326 e. The van der Waals surface area contributed by atoms with E-state index in [-0.39, 0.29) is 12.2 Å². The topological polar surface area (TPSA) is 75.6 Å². The van der Waals surface area contributed by atoms with Gasteiger partial charge in [-0.3, -0.25) is 4.79 Å². The summed E-state index contributed by atoms with van der Waals surface area (Å²) in [6.07, 6.45) is -0.128. The van der Waals surface area contributed by atoms with E-state index in [1.165, 1.54) is 0 Å². The lowest BCUT2D eigenvalue weighted by molar-refractivity contribution is -0.137. The van der Waals surface area contributed by atoms with E-state index >= 15 is 0 Å². The first-order chi connectivity index (χ1) is 10.6. The summed E-state index contributed by atoms with van der Waals surface area (Å²) in [4.78, 5) is 23.5. The van der Waals surface area contributed by atoms with Crippen molar-refractivity contribution in [2.45, 2.75) is 12.5 Å². The third-order valence-corrected chi connectivity index (χ3v) is 3.21. The minimum absolute atomic E-state index is 0.128. The lowest BCUT2D eigenvalue weighted by atomic mass is 10.0. The van der Waals surface area contributed by atoms with Crippen LogP contribution in [0.3, 0.4) is 0 Å². The summed E-state index contributed by atoms with van der Waals surface area (Å²) in [5.41, 5.74) is 1.12. The molecule has 1 unspecified atom stereocenters. The van der Waals surface area contributed by atoms with Crippen molar-refractivity contribution in [1.29, 1.82) is 0 Å². The summed E-state index contributed by atoms with van der Waals surface area (Å²) in [6.45, 7) is 0. The normalized spacial score (nSPS) is 11.5. The van der Waals surface area contributed by atoms with Crippen molar-refractivity contribution in [2.75, 3.05) is 12.4 Å². The monoisotopic (exact) mass is 299 g/mol. The first-order valence-electron chi connectivity index (χ1n) is 6.82. The maximum absolute atomic E-state index is 12.2. The number of methoxy groups -OCH3 is 1. The predicted octanol–water partition coefficient (Wildman–Crippen LogP) is 2.83. The van der Waals surface area contributed by atoms with Gasteiger partial charge in [-0.05, 0) is 36.4 Å². The number of anilines is 1. The van der Waals surface area contributed by atoms with Gasteiger partial charge < -0.3 is 15.2 Å². The Morgan fingerprint density at radius 1 is 1.09 bits per heavy atom. The van der Waals surface area contributed by atoms with E-state index in [0.29, 0.717) is 17.0 Å². The van der Waals surface area contributed by atoms with Crippen molar-refractivity contribution in [1.82, 2.24) is 0 Å². The Bertz CT molecular complexity index is 637. The van der Waals surface area contributed by atoms with Crippen LogP contribution in [0.15, 0.2) is 54.6 Å². The molecule has 0 bridgehead atoms. The van der Waals surface area contributed by atoms with E-state index < -0.39 is 12.0 Å². The zero-order chi connectivity index (χ0) is 15.9. The van der Waals surface area contributed by atoms with Gasteiger partial charge in [-0.2, -0.15) is 0 Å². The van der Waals surface area contributed by atoms with Crippen molar-refractivity contribution in [3.8, 4) is 5.75 Å². The van der Waals surface area contributed by atoms with E-state index in [9.17, 15) is 14.7 Å². The Morgan fingerprint density at radius 3 is 2.27 bits per heavy atom. The molecular weight excluding hydrogens is 282 g/mol. The number of ether oxygens (including phenoxy) is 1. The van der Waals surface area contributed by atoms with E-state index in [0.717, 1.165) is 0 Å². The van der Waals surface area contributed by atoms with Gasteiger partial charge in [0.15, 0.2) is 5.78 Å². The highest BCUT2D eigenvalue weighted by atomic mass is 16.5. The van der Waals surface area contributed by atoms with Crippen LogP contribution in [0.2, 0.25) is 0 Å². The number of carboxylic acids is 1. The number of ketones is 1. The molecule has 2 aromatic carbocycles. The molecule has 2 aromatic rings. The summed E-state index contributed by atoms with van der Waals surface area (Å²) in [7, 11) is 1.54. The summed E-state index contributed by atoms with van der Waals surface area (Å²) >= 11 is 0. The van der Waals surface area contributed by atoms with Crippen LogP contribution in [-0.4, -0.2) is 30.0 Å². The number of carbonyl (C=O) groups excluding carboxylic acids is 1. The molecule has 114 valence electrons. The Morgan fingerprint density at radius 2 is 1.73 bits per heavy atom. The minimum atomic E-state index is -1.06. The van der Waals surface area contributed by atoms with Crippen molar-refractivity contribution < 1.29 is 19.4 Å². The minimum Gasteiger partial charge on any atom is -0.497 e. The zero-order valence-corrected chi connectivity index (χ0v) is 12.2. The first-order valence-corrected chi connectivity index (χ1v) is 6.82. The van der Waals surface area contributed by atoms with Gasteiger partial charge in [0.25, 0.3) is 0 Å². The predicted molar refractivity (Wildman–Crippen MR) is 83.4 cm³/mol. The number of benzene rings is 2. The lowest BCUT2D eigenvalue weighted by Crippen LogP contribution is -2.31. The number of hydrogen-bond donors (Lipinski definition) is 2. The first kappa shape index (κ1) is 15.6. The van der Waals surface area contributed by atoms with Gasteiger partial charge in [0.2, 0.25) is 0 Å². The van der Waals surface area contributed by atoms with Crippen LogP contribution < -0.4 is 10.1 Å². The molecule has 5 heteroatoms. The van der Waals surface area contributed by atoms with E-state index in [1.807, 2.05) is 6.07 Å². The molecule has 22 heavy (non-hydrogen) atoms. The van der Waals surface area contributed by atoms with Crippen LogP contribution in [0, 0.1) is 0 Å². The largest absolute Gasteiger partial charge is 0.497 e. The molecule has 2 rings (SSSR count). The van der Waals surface area contributed by atoms with Crippen LogP contribution in [0.5, 0.6) is 5.75 Å². The van der Waals surface area contributed by atoms with E-state index in [1.54, 1.807) is 55.6 Å². The molecule has 0 heterocycles. The number of carboxylic acid groups (broad SMARTS) is 1. The van der Waals surface area contributed by atoms with Crippen molar-refractivity contribution >= 4 is 17.4 Å². The average Bonchev–Trinajstić information content (AvgIpc) is 2.55. The highest BCUT2D eigenvalue weighted by Gasteiger charge is 2.21. The molecule has 0 radical (unpaired) electrons.